The number of hydrogen-bond acceptors (Lipinski definition) is 4. The van der Waals surface area contributed by atoms with Crippen molar-refractivity contribution in [2.24, 2.45) is 0 Å². The Labute approximate surface area is 54.8 Å². The Bertz CT molecular complexity index is 66.5. The average molecular weight is 161 g/mol. The van der Waals surface area contributed by atoms with Gasteiger partial charge in [0, 0.05) is 0 Å². The van der Waals surface area contributed by atoms with Crippen molar-refractivity contribution in [3.8, 4) is 0 Å². The van der Waals surface area contributed by atoms with E-state index in [0.717, 1.165) is 0 Å². The first-order valence-electron chi connectivity index (χ1n) is 1.05. The first-order chi connectivity index (χ1) is 2.50. The SMILES string of the molecule is O.O.O.O.O.n1nn[nH]n1. The summed E-state index contributed by atoms with van der Waals surface area (Å²) in [5, 5.41) is 14.5. The Balaban J connectivity index is -0.0000000167. The van der Waals surface area contributed by atoms with Gasteiger partial charge in [-0.05, 0) is 20.9 Å². The molecule has 0 aliphatic rings. The lowest BCUT2D eigenvalue weighted by atomic mass is 12.7. The summed E-state index contributed by atoms with van der Waals surface area (Å²) in [5.41, 5.74) is 0. The molecule has 10 nitrogen and oxygen atoms in total. The highest BCUT2D eigenvalue weighted by atomic mass is 16.0. The zero-order valence-electron chi connectivity index (χ0n) is 4.79. The fraction of sp³-hybridized carbons (Fsp3) is 0. The van der Waals surface area contributed by atoms with Crippen molar-refractivity contribution in [1.29, 1.82) is 0 Å². The van der Waals surface area contributed by atoms with E-state index in [2.05, 4.69) is 26.1 Å². The molecule has 10 heteroatoms. The number of nitrogens with one attached hydrogen (secondary N) is 1. The largest absolute Gasteiger partial charge is 0.412 e. The molecular weight excluding hydrogens is 150 g/mol. The molecule has 0 saturated heterocycles. The molecule has 66 valence electrons. The normalized spacial score (nSPS) is 4.00. The number of nitrogens with zero attached hydrogens (tertiary/aromatic N) is 4. The monoisotopic (exact) mass is 161 g/mol. The van der Waals surface area contributed by atoms with Crippen LogP contribution in [0.1, 0.15) is 0 Å². The van der Waals surface area contributed by atoms with Gasteiger partial charge in [0.05, 0.1) is 0 Å². The number of aromatic nitrogens is 5. The maximum atomic E-state index is 3.12. The molecule has 0 aliphatic heterocycles. The Morgan fingerprint density at radius 3 is 1.00 bits per heavy atom. The summed E-state index contributed by atoms with van der Waals surface area (Å²) in [5.74, 6) is 0. The van der Waals surface area contributed by atoms with Gasteiger partial charge in [0.25, 0.3) is 0 Å². The van der Waals surface area contributed by atoms with Crippen LogP contribution >= 0.6 is 0 Å². The van der Waals surface area contributed by atoms with Crippen LogP contribution < -0.4 is 0 Å². The summed E-state index contributed by atoms with van der Waals surface area (Å²) < 4.78 is 0. The molecule has 0 unspecified atom stereocenters. The second kappa shape index (κ2) is 25.0. The van der Waals surface area contributed by atoms with Gasteiger partial charge >= 0.3 is 0 Å². The first kappa shape index (κ1) is 37.1. The zero-order valence-corrected chi connectivity index (χ0v) is 4.79. The predicted molar refractivity (Wildman–Crippen MR) is 30.0 cm³/mol. The van der Waals surface area contributed by atoms with Gasteiger partial charge in [-0.25, -0.2) is 0 Å². The van der Waals surface area contributed by atoms with E-state index >= 15 is 0 Å². The molecular formula is H11N5O5. The molecule has 0 radical (unpaired) electrons. The van der Waals surface area contributed by atoms with E-state index < -0.39 is 0 Å². The van der Waals surface area contributed by atoms with E-state index in [-0.39, 0.29) is 27.4 Å². The van der Waals surface area contributed by atoms with Crippen molar-refractivity contribution in [3.63, 3.8) is 0 Å². The molecule has 1 aromatic rings. The number of H-pyrrole nitrogens is 1. The van der Waals surface area contributed by atoms with Gasteiger partial charge in [-0.2, -0.15) is 5.21 Å². The number of aromatic amines is 1. The lowest BCUT2D eigenvalue weighted by Gasteiger charge is -1.40. The second-order valence-corrected chi connectivity index (χ2v) is 0.479. The third-order valence-electron chi connectivity index (χ3n) is 0.219. The average Bonchev–Trinajstić information content (AvgIpc) is 1.76. The van der Waals surface area contributed by atoms with Crippen molar-refractivity contribution in [1.82, 2.24) is 26.1 Å². The fourth-order valence-electron chi connectivity index (χ4n) is 0.100. The molecule has 0 amide bonds. The van der Waals surface area contributed by atoms with Crippen molar-refractivity contribution in [3.05, 3.63) is 0 Å². The van der Waals surface area contributed by atoms with E-state index in [4.69, 9.17) is 0 Å². The van der Waals surface area contributed by atoms with Crippen molar-refractivity contribution in [2.75, 3.05) is 0 Å². The van der Waals surface area contributed by atoms with Crippen LogP contribution in [0.15, 0.2) is 0 Å². The van der Waals surface area contributed by atoms with Gasteiger partial charge < -0.3 is 27.4 Å². The molecule has 0 fully saturated rings. The maximum absolute atomic E-state index is 3.12. The zero-order chi connectivity index (χ0) is 3.54. The van der Waals surface area contributed by atoms with Crippen LogP contribution in [0.5, 0.6) is 0 Å². The lowest BCUT2D eigenvalue weighted by Crippen LogP contribution is -1.64. The molecule has 0 aromatic carbocycles. The highest BCUT2D eigenvalue weighted by Gasteiger charge is 1.59. The van der Waals surface area contributed by atoms with Crippen molar-refractivity contribution >= 4 is 0 Å². The summed E-state index contributed by atoms with van der Waals surface area (Å²) in [6.45, 7) is 0. The first-order valence-corrected chi connectivity index (χ1v) is 1.05. The molecule has 1 aromatic heterocycles. The minimum Gasteiger partial charge on any atom is -0.412 e. The lowest BCUT2D eigenvalue weighted by molar-refractivity contribution is 0.823. The van der Waals surface area contributed by atoms with Crippen LogP contribution in [0, 0.1) is 0 Å². The smallest absolute Gasteiger partial charge is 0.00217 e. The topological polar surface area (TPSA) is 225 Å². The van der Waals surface area contributed by atoms with E-state index in [0.29, 0.717) is 0 Å². The highest BCUT2D eigenvalue weighted by molar-refractivity contribution is 3.84. The molecule has 0 spiro atoms. The standard InChI is InChI=1S/HN5.5H2O/c1-2-4-5-3-1;;;;;/h(H,1,2,3,4,5);5*1H2. The van der Waals surface area contributed by atoms with E-state index in [1.807, 2.05) is 0 Å². The molecule has 0 bridgehead atoms. The number of rotatable bonds is 0. The highest BCUT2D eigenvalue weighted by Crippen LogP contribution is 1.31. The minimum atomic E-state index is 0. The number of hydrogen-bond donors (Lipinski definition) is 1. The van der Waals surface area contributed by atoms with Gasteiger partial charge in [-0.3, -0.25) is 0 Å². The molecule has 0 atom stereocenters. The van der Waals surface area contributed by atoms with Crippen molar-refractivity contribution < 1.29 is 27.4 Å². The summed E-state index contributed by atoms with van der Waals surface area (Å²) in [4.78, 5) is 0. The summed E-state index contributed by atoms with van der Waals surface area (Å²) in [6, 6.07) is 0. The van der Waals surface area contributed by atoms with Crippen LogP contribution in [0.3, 0.4) is 0 Å². The van der Waals surface area contributed by atoms with Crippen LogP contribution in [0.2, 0.25) is 0 Å². The van der Waals surface area contributed by atoms with Gasteiger partial charge in [-0.15, -0.1) is 0 Å². The molecule has 1 heterocycles. The summed E-state index contributed by atoms with van der Waals surface area (Å²) in [7, 11) is 0. The molecule has 1 rings (SSSR count). The summed E-state index contributed by atoms with van der Waals surface area (Å²) >= 11 is 0. The van der Waals surface area contributed by atoms with Gasteiger partial charge in [0.15, 0.2) is 0 Å². The molecule has 0 saturated carbocycles. The third-order valence-corrected chi connectivity index (χ3v) is 0.219. The Morgan fingerprint density at radius 1 is 0.600 bits per heavy atom. The minimum absolute atomic E-state index is 0. The van der Waals surface area contributed by atoms with Crippen LogP contribution in [-0.2, 0) is 0 Å². The van der Waals surface area contributed by atoms with E-state index in [1.165, 1.54) is 0 Å². The molecule has 0 aliphatic carbocycles. The van der Waals surface area contributed by atoms with Crippen molar-refractivity contribution in [2.45, 2.75) is 0 Å². The van der Waals surface area contributed by atoms with Gasteiger partial charge in [0.2, 0.25) is 0 Å². The van der Waals surface area contributed by atoms with E-state index in [9.17, 15) is 0 Å². The molecule has 11 N–H and O–H groups in total. The Kier molecular flexibility index (Phi) is 92.6. The maximum Gasteiger partial charge on any atom is -0.00217 e. The van der Waals surface area contributed by atoms with Crippen LogP contribution in [0.25, 0.3) is 0 Å². The van der Waals surface area contributed by atoms with Crippen LogP contribution in [0.4, 0.5) is 0 Å². The fourth-order valence-corrected chi connectivity index (χ4v) is 0.100. The second-order valence-electron chi connectivity index (χ2n) is 0.479. The Morgan fingerprint density at radius 2 is 0.900 bits per heavy atom. The predicted octanol–water partition coefficient (Wildman–Crippen LogP) is -5.53. The summed E-state index contributed by atoms with van der Waals surface area (Å²) in [6.07, 6.45) is 0. The Hall–Kier alpha value is -1.20. The van der Waals surface area contributed by atoms with Gasteiger partial charge in [0.1, 0.15) is 0 Å². The third kappa shape index (κ3) is 15.8. The quantitative estimate of drug-likeness (QED) is 0.392. The van der Waals surface area contributed by atoms with E-state index in [1.54, 1.807) is 0 Å². The molecule has 10 heavy (non-hydrogen) atoms. The van der Waals surface area contributed by atoms with Crippen LogP contribution in [-0.4, -0.2) is 53.4 Å². The van der Waals surface area contributed by atoms with Gasteiger partial charge in [-0.1, -0.05) is 0 Å².